The van der Waals surface area contributed by atoms with Crippen LogP contribution in [0.1, 0.15) is 24.1 Å². The summed E-state index contributed by atoms with van der Waals surface area (Å²) in [4.78, 5) is 21.1. The number of nitrogens with two attached hydrogens (primary N) is 1. The second kappa shape index (κ2) is 12.8. The molecule has 1 aromatic carbocycles. The lowest BCUT2D eigenvalue weighted by Crippen LogP contribution is -2.38. The lowest BCUT2D eigenvalue weighted by atomic mass is 9.95. The number of benzene rings is 1. The fourth-order valence-electron chi connectivity index (χ4n) is 4.05. The summed E-state index contributed by atoms with van der Waals surface area (Å²) in [7, 11) is 1.62. The van der Waals surface area contributed by atoms with Gasteiger partial charge in [0.1, 0.15) is 29.9 Å². The second-order valence-corrected chi connectivity index (χ2v) is 9.05. The number of rotatable bonds is 7. The van der Waals surface area contributed by atoms with Crippen LogP contribution >= 0.6 is 11.6 Å². The van der Waals surface area contributed by atoms with Gasteiger partial charge in [0.25, 0.3) is 0 Å². The summed E-state index contributed by atoms with van der Waals surface area (Å²) in [6.45, 7) is 8.70. The van der Waals surface area contributed by atoms with Gasteiger partial charge in [-0.15, -0.1) is 0 Å². The van der Waals surface area contributed by atoms with Crippen molar-refractivity contribution < 1.29 is 14.2 Å². The van der Waals surface area contributed by atoms with Crippen LogP contribution < -0.4 is 15.2 Å². The first-order chi connectivity index (χ1) is 18.0. The van der Waals surface area contributed by atoms with Crippen LogP contribution in [0.3, 0.4) is 0 Å². The lowest BCUT2D eigenvalue weighted by molar-refractivity contribution is 0.0322. The van der Waals surface area contributed by atoms with Crippen LogP contribution in [0.4, 0.5) is 0 Å². The summed E-state index contributed by atoms with van der Waals surface area (Å²) < 4.78 is 17.1. The predicted octanol–water partition coefficient (Wildman–Crippen LogP) is 3.80. The zero-order valence-corrected chi connectivity index (χ0v) is 22.0. The maximum Gasteiger partial charge on any atom is 0.160 e. The van der Waals surface area contributed by atoms with E-state index < -0.39 is 0 Å². The van der Waals surface area contributed by atoms with Crippen LogP contribution in [0.15, 0.2) is 43.4 Å². The van der Waals surface area contributed by atoms with Crippen LogP contribution in [0.5, 0.6) is 11.5 Å². The van der Waals surface area contributed by atoms with Gasteiger partial charge in [0.2, 0.25) is 0 Å². The Morgan fingerprint density at radius 3 is 2.70 bits per heavy atom. The molecular weight excluding hydrogens is 494 g/mol. The molecule has 0 amide bonds. The van der Waals surface area contributed by atoms with E-state index in [0.717, 1.165) is 72.0 Å². The van der Waals surface area contributed by atoms with Gasteiger partial charge in [0.05, 0.1) is 39.0 Å². The van der Waals surface area contributed by atoms with Gasteiger partial charge in [-0.25, -0.2) is 15.0 Å². The third-order valence-corrected chi connectivity index (χ3v) is 6.48. The van der Waals surface area contributed by atoms with E-state index in [1.807, 2.05) is 26.0 Å². The summed E-state index contributed by atoms with van der Waals surface area (Å²) in [5, 5.41) is 0.658. The first kappa shape index (κ1) is 26.7. The zero-order valence-electron chi connectivity index (χ0n) is 21.3. The van der Waals surface area contributed by atoms with Crippen LogP contribution in [-0.4, -0.2) is 76.4 Å². The Morgan fingerprint density at radius 1 is 1.16 bits per heavy atom. The molecule has 1 aliphatic heterocycles. The summed E-state index contributed by atoms with van der Waals surface area (Å²) in [5.41, 5.74) is 11.4. The molecule has 4 aromatic rings. The van der Waals surface area contributed by atoms with E-state index in [1.54, 1.807) is 32.0 Å². The second-order valence-electron chi connectivity index (χ2n) is 8.64. The maximum atomic E-state index is 6.53. The number of ether oxygens (including phenoxy) is 3. The summed E-state index contributed by atoms with van der Waals surface area (Å²) >= 11 is 6.53. The largest absolute Gasteiger partial charge is 0.495 e. The number of imidazole rings is 1. The van der Waals surface area contributed by atoms with Crippen LogP contribution in [0.2, 0.25) is 5.02 Å². The number of nitrogens with zero attached hydrogens (tertiary/aromatic N) is 5. The van der Waals surface area contributed by atoms with Gasteiger partial charge in [0.15, 0.2) is 5.65 Å². The topological polar surface area (TPSA) is 124 Å². The number of aromatic amines is 1. The maximum absolute atomic E-state index is 6.53. The van der Waals surface area contributed by atoms with E-state index in [2.05, 4.69) is 29.8 Å². The lowest BCUT2D eigenvalue weighted by Gasteiger charge is -2.27. The number of halogens is 1. The number of fused-ring (bicyclic) bond motifs is 1. The molecule has 0 radical (unpaired) electrons. The van der Waals surface area contributed by atoms with E-state index in [0.29, 0.717) is 17.4 Å². The predicted molar refractivity (Wildman–Crippen MR) is 143 cm³/mol. The Hall–Kier alpha value is -3.31. The Bertz CT molecular complexity index is 1280. The standard InChI is InChI=1S/C21H28ClN3O3.C5H4N4/c1-14-19(22)11-18(15(2)23)21(28-9-6-25-4-7-27-8-5-25)20(14)16-10-17(26-3)13-24-12-16;1-4-5(8-2-6-1)9-3-7-4/h10-13,15H,4-9,23H2,1-3H3;1-3H,(H,6,7,8,9). The molecule has 0 saturated carbocycles. The number of aromatic nitrogens is 5. The SMILES string of the molecule is COc1cncc(-c2c(C)c(Cl)cc(C(C)N)c2OCCN2CCOCC2)c1.c1ncc2nc[nH]c2n1. The van der Waals surface area contributed by atoms with E-state index in [1.165, 1.54) is 6.33 Å². The third-order valence-electron chi connectivity index (χ3n) is 6.09. The fourth-order valence-corrected chi connectivity index (χ4v) is 4.26. The van der Waals surface area contributed by atoms with E-state index in [-0.39, 0.29) is 6.04 Å². The molecule has 1 atom stereocenters. The molecule has 5 rings (SSSR count). The molecule has 0 bridgehead atoms. The van der Waals surface area contributed by atoms with Crippen molar-refractivity contribution >= 4 is 22.8 Å². The monoisotopic (exact) mass is 525 g/mol. The highest BCUT2D eigenvalue weighted by Crippen LogP contribution is 2.42. The van der Waals surface area contributed by atoms with Gasteiger partial charge < -0.3 is 24.9 Å². The molecule has 1 unspecified atom stereocenters. The van der Waals surface area contributed by atoms with Crippen LogP contribution in [0, 0.1) is 6.92 Å². The average Bonchev–Trinajstić information content (AvgIpc) is 3.40. The van der Waals surface area contributed by atoms with Gasteiger partial charge in [-0.1, -0.05) is 11.6 Å². The van der Waals surface area contributed by atoms with Gasteiger partial charge in [-0.2, -0.15) is 0 Å². The summed E-state index contributed by atoms with van der Waals surface area (Å²) in [6, 6.07) is 3.63. The first-order valence-electron chi connectivity index (χ1n) is 12.1. The average molecular weight is 526 g/mol. The van der Waals surface area contributed by atoms with E-state index >= 15 is 0 Å². The van der Waals surface area contributed by atoms with Crippen molar-refractivity contribution in [2.24, 2.45) is 5.73 Å². The van der Waals surface area contributed by atoms with Crippen molar-refractivity contribution in [2.45, 2.75) is 19.9 Å². The van der Waals surface area contributed by atoms with Crippen molar-refractivity contribution in [3.8, 4) is 22.6 Å². The molecule has 1 saturated heterocycles. The van der Waals surface area contributed by atoms with Gasteiger partial charge in [-0.3, -0.25) is 9.88 Å². The molecule has 4 heterocycles. The molecule has 10 nitrogen and oxygen atoms in total. The number of pyridine rings is 1. The number of H-pyrrole nitrogens is 1. The van der Waals surface area contributed by atoms with Gasteiger partial charge >= 0.3 is 0 Å². The summed E-state index contributed by atoms with van der Waals surface area (Å²) in [6.07, 6.45) is 8.22. The number of hydrogen-bond acceptors (Lipinski definition) is 9. The Labute approximate surface area is 221 Å². The molecule has 37 heavy (non-hydrogen) atoms. The first-order valence-corrected chi connectivity index (χ1v) is 12.5. The van der Waals surface area contributed by atoms with Crippen molar-refractivity contribution in [1.82, 2.24) is 29.8 Å². The molecule has 0 spiro atoms. The highest BCUT2D eigenvalue weighted by Gasteiger charge is 2.21. The van der Waals surface area contributed by atoms with Crippen molar-refractivity contribution in [2.75, 3.05) is 46.6 Å². The molecule has 11 heteroatoms. The minimum Gasteiger partial charge on any atom is -0.495 e. The van der Waals surface area contributed by atoms with Crippen molar-refractivity contribution in [3.63, 3.8) is 0 Å². The normalized spacial score (nSPS) is 14.6. The highest BCUT2D eigenvalue weighted by atomic mass is 35.5. The zero-order chi connectivity index (χ0) is 26.2. The molecule has 1 fully saturated rings. The Morgan fingerprint density at radius 2 is 1.97 bits per heavy atom. The molecule has 0 aliphatic carbocycles. The van der Waals surface area contributed by atoms with Crippen LogP contribution in [0.25, 0.3) is 22.3 Å². The van der Waals surface area contributed by atoms with E-state index in [4.69, 9.17) is 31.5 Å². The Balaban J connectivity index is 0.000000295. The van der Waals surface area contributed by atoms with E-state index in [9.17, 15) is 0 Å². The molecule has 3 aromatic heterocycles. The van der Waals surface area contributed by atoms with Crippen LogP contribution in [-0.2, 0) is 4.74 Å². The molecular formula is C26H32ClN7O3. The molecule has 3 N–H and O–H groups in total. The fraction of sp³-hybridized carbons (Fsp3) is 0.385. The summed E-state index contributed by atoms with van der Waals surface area (Å²) in [5.74, 6) is 1.44. The minimum absolute atomic E-state index is 0.214. The number of morpholine rings is 1. The third kappa shape index (κ3) is 6.72. The number of hydrogen-bond donors (Lipinski definition) is 2. The molecule has 1 aliphatic rings. The van der Waals surface area contributed by atoms with Crippen molar-refractivity contribution in [1.29, 1.82) is 0 Å². The number of nitrogens with one attached hydrogen (secondary N) is 1. The van der Waals surface area contributed by atoms with Gasteiger partial charge in [0, 0.05) is 53.6 Å². The molecule has 196 valence electrons. The quantitative estimate of drug-likeness (QED) is 0.370. The Kier molecular flexibility index (Phi) is 9.24. The number of methoxy groups -OCH3 is 1. The smallest absolute Gasteiger partial charge is 0.160 e. The van der Waals surface area contributed by atoms with Crippen molar-refractivity contribution in [3.05, 3.63) is 59.5 Å². The highest BCUT2D eigenvalue weighted by molar-refractivity contribution is 6.32. The van der Waals surface area contributed by atoms with Gasteiger partial charge in [-0.05, 0) is 31.5 Å². The minimum atomic E-state index is -0.214.